The molecule has 0 spiro atoms. The Kier molecular flexibility index (Phi) is 2.89. The highest BCUT2D eigenvalue weighted by Gasteiger charge is 2.26. The first-order valence-corrected chi connectivity index (χ1v) is 5.34. The Morgan fingerprint density at radius 2 is 2.36 bits per heavy atom. The largest absolute Gasteiger partial charge is 0.393 e. The fourth-order valence-corrected chi connectivity index (χ4v) is 1.81. The van der Waals surface area contributed by atoms with Gasteiger partial charge >= 0.3 is 0 Å². The molecule has 0 unspecified atom stereocenters. The molecule has 1 aliphatic carbocycles. The van der Waals surface area contributed by atoms with Crippen molar-refractivity contribution in [3.8, 4) is 0 Å². The summed E-state index contributed by atoms with van der Waals surface area (Å²) in [5.74, 6) is 0. The van der Waals surface area contributed by atoms with Crippen LogP contribution in [0, 0.1) is 0 Å². The number of nitrogens with zero attached hydrogens (tertiary/aromatic N) is 1. The van der Waals surface area contributed by atoms with Crippen LogP contribution < -0.4 is 5.32 Å². The summed E-state index contributed by atoms with van der Waals surface area (Å²) >= 11 is 0. The van der Waals surface area contributed by atoms with Gasteiger partial charge in [0.1, 0.15) is 0 Å². The van der Waals surface area contributed by atoms with E-state index in [2.05, 4.69) is 35.3 Å². The summed E-state index contributed by atoms with van der Waals surface area (Å²) in [5, 5.41) is 12.5. The van der Waals surface area contributed by atoms with Crippen LogP contribution in [0.3, 0.4) is 0 Å². The molecule has 2 rings (SSSR count). The van der Waals surface area contributed by atoms with Gasteiger partial charge in [-0.3, -0.25) is 0 Å². The molecule has 0 amide bonds. The van der Waals surface area contributed by atoms with E-state index in [1.54, 1.807) is 0 Å². The van der Waals surface area contributed by atoms with E-state index in [0.717, 1.165) is 25.9 Å². The molecule has 1 aromatic heterocycles. The molecule has 3 nitrogen and oxygen atoms in total. The van der Waals surface area contributed by atoms with Gasteiger partial charge in [0.25, 0.3) is 0 Å². The molecule has 0 aromatic carbocycles. The Morgan fingerprint density at radius 3 is 2.93 bits per heavy atom. The van der Waals surface area contributed by atoms with Gasteiger partial charge in [-0.15, -0.1) is 0 Å². The van der Waals surface area contributed by atoms with Crippen molar-refractivity contribution in [3.05, 3.63) is 24.0 Å². The Balaban J connectivity index is 1.75. The van der Waals surface area contributed by atoms with Crippen molar-refractivity contribution < 1.29 is 5.11 Å². The maximum atomic E-state index is 9.11. The van der Waals surface area contributed by atoms with E-state index in [1.807, 2.05) is 0 Å². The van der Waals surface area contributed by atoms with Crippen molar-refractivity contribution in [3.63, 3.8) is 0 Å². The molecule has 78 valence electrons. The van der Waals surface area contributed by atoms with Gasteiger partial charge in [-0.1, -0.05) is 0 Å². The van der Waals surface area contributed by atoms with Crippen LogP contribution in [0.5, 0.6) is 0 Å². The summed E-state index contributed by atoms with van der Waals surface area (Å²) in [5.41, 5.74) is 1.33. The maximum Gasteiger partial charge on any atom is 0.0570 e. The number of aryl methyl sites for hydroxylation is 1. The van der Waals surface area contributed by atoms with E-state index >= 15 is 0 Å². The van der Waals surface area contributed by atoms with Crippen molar-refractivity contribution in [2.45, 2.75) is 45.0 Å². The lowest BCUT2D eigenvalue weighted by Crippen LogP contribution is -2.43. The van der Waals surface area contributed by atoms with E-state index in [9.17, 15) is 0 Å². The van der Waals surface area contributed by atoms with Gasteiger partial charge in [-0.2, -0.15) is 0 Å². The number of rotatable bonds is 4. The number of aliphatic hydroxyl groups excluding tert-OH is 1. The quantitative estimate of drug-likeness (QED) is 0.753. The Hall–Kier alpha value is -0.800. The van der Waals surface area contributed by atoms with Gasteiger partial charge in [-0.05, 0) is 31.4 Å². The molecule has 1 heterocycles. The average molecular weight is 194 g/mol. The number of aliphatic hydroxyl groups is 1. The molecule has 0 aliphatic heterocycles. The summed E-state index contributed by atoms with van der Waals surface area (Å²) in [6.45, 7) is 4.09. The molecule has 0 radical (unpaired) electrons. The second kappa shape index (κ2) is 4.15. The molecule has 1 aliphatic rings. The zero-order chi connectivity index (χ0) is 9.97. The predicted octanol–water partition coefficient (Wildman–Crippen LogP) is 1.12. The van der Waals surface area contributed by atoms with Crippen LogP contribution in [0.25, 0.3) is 0 Å². The molecular weight excluding hydrogens is 176 g/mol. The highest BCUT2D eigenvalue weighted by molar-refractivity contribution is 5.10. The van der Waals surface area contributed by atoms with E-state index < -0.39 is 0 Å². The molecule has 1 saturated carbocycles. The van der Waals surface area contributed by atoms with Crippen molar-refractivity contribution in [2.75, 3.05) is 0 Å². The number of hydrogen-bond acceptors (Lipinski definition) is 2. The number of aromatic nitrogens is 1. The second-order valence-corrected chi connectivity index (χ2v) is 4.05. The normalized spacial score (nSPS) is 26.1. The predicted molar refractivity (Wildman–Crippen MR) is 56.0 cm³/mol. The zero-order valence-corrected chi connectivity index (χ0v) is 8.61. The second-order valence-electron chi connectivity index (χ2n) is 4.05. The third-order valence-electron chi connectivity index (χ3n) is 2.88. The topological polar surface area (TPSA) is 37.2 Å². The molecule has 3 heteroatoms. The molecule has 0 atom stereocenters. The minimum Gasteiger partial charge on any atom is -0.393 e. The molecular formula is C11H18N2O. The average Bonchev–Trinajstić information content (AvgIpc) is 2.58. The summed E-state index contributed by atoms with van der Waals surface area (Å²) in [6.07, 6.45) is 6.03. The van der Waals surface area contributed by atoms with E-state index in [0.29, 0.717) is 6.04 Å². The van der Waals surface area contributed by atoms with Crippen molar-refractivity contribution in [1.82, 2.24) is 9.88 Å². The van der Waals surface area contributed by atoms with E-state index in [-0.39, 0.29) is 6.10 Å². The number of nitrogens with one attached hydrogen (secondary N) is 1. The first-order valence-electron chi connectivity index (χ1n) is 5.34. The highest BCUT2D eigenvalue weighted by Crippen LogP contribution is 2.19. The van der Waals surface area contributed by atoms with Crippen LogP contribution in [0.1, 0.15) is 25.3 Å². The first-order chi connectivity index (χ1) is 6.78. The van der Waals surface area contributed by atoms with Gasteiger partial charge in [-0.25, -0.2) is 0 Å². The fourth-order valence-electron chi connectivity index (χ4n) is 1.81. The van der Waals surface area contributed by atoms with Crippen molar-refractivity contribution >= 4 is 0 Å². The smallest absolute Gasteiger partial charge is 0.0570 e. The van der Waals surface area contributed by atoms with Crippen LogP contribution in [-0.2, 0) is 13.1 Å². The number of hydrogen-bond donors (Lipinski definition) is 2. The monoisotopic (exact) mass is 194 g/mol. The van der Waals surface area contributed by atoms with Crippen LogP contribution in [0.4, 0.5) is 0 Å². The van der Waals surface area contributed by atoms with Gasteiger partial charge in [0.05, 0.1) is 6.10 Å². The fraction of sp³-hybridized carbons (Fsp3) is 0.636. The lowest BCUT2D eigenvalue weighted by molar-refractivity contribution is 0.0619. The molecule has 1 fully saturated rings. The van der Waals surface area contributed by atoms with Crippen LogP contribution in [-0.4, -0.2) is 21.8 Å². The summed E-state index contributed by atoms with van der Waals surface area (Å²) < 4.78 is 2.17. The van der Waals surface area contributed by atoms with Crippen LogP contribution in [0.15, 0.2) is 18.5 Å². The third-order valence-corrected chi connectivity index (χ3v) is 2.88. The Morgan fingerprint density at radius 1 is 1.57 bits per heavy atom. The lowest BCUT2D eigenvalue weighted by Gasteiger charge is -2.32. The minimum absolute atomic E-state index is 0.0623. The molecule has 14 heavy (non-hydrogen) atoms. The van der Waals surface area contributed by atoms with Gasteiger partial charge < -0.3 is 15.0 Å². The lowest BCUT2D eigenvalue weighted by atomic mass is 9.89. The standard InChI is InChI=1S/C11H18N2O/c1-2-13-4-3-9(8-13)7-12-10-5-11(14)6-10/h3-4,8,10-12,14H,2,5-7H2,1H3. The Labute approximate surface area is 84.7 Å². The SMILES string of the molecule is CCn1ccc(CNC2CC(O)C2)c1. The molecule has 0 saturated heterocycles. The van der Waals surface area contributed by atoms with Crippen LogP contribution in [0.2, 0.25) is 0 Å². The van der Waals surface area contributed by atoms with Crippen LogP contribution >= 0.6 is 0 Å². The van der Waals surface area contributed by atoms with Gasteiger partial charge in [0, 0.05) is 31.5 Å². The molecule has 1 aromatic rings. The Bertz CT molecular complexity index is 289. The zero-order valence-electron chi connectivity index (χ0n) is 8.61. The minimum atomic E-state index is -0.0623. The third kappa shape index (κ3) is 2.16. The summed E-state index contributed by atoms with van der Waals surface area (Å²) in [7, 11) is 0. The van der Waals surface area contributed by atoms with Gasteiger partial charge in [0.2, 0.25) is 0 Å². The molecule has 2 N–H and O–H groups in total. The summed E-state index contributed by atoms with van der Waals surface area (Å²) in [4.78, 5) is 0. The summed E-state index contributed by atoms with van der Waals surface area (Å²) in [6, 6.07) is 2.67. The maximum absolute atomic E-state index is 9.11. The van der Waals surface area contributed by atoms with Crippen molar-refractivity contribution in [1.29, 1.82) is 0 Å². The highest BCUT2D eigenvalue weighted by atomic mass is 16.3. The van der Waals surface area contributed by atoms with Crippen molar-refractivity contribution in [2.24, 2.45) is 0 Å². The van der Waals surface area contributed by atoms with E-state index in [4.69, 9.17) is 5.11 Å². The first kappa shape index (κ1) is 9.74. The van der Waals surface area contributed by atoms with E-state index in [1.165, 1.54) is 5.56 Å². The molecule has 0 bridgehead atoms. The van der Waals surface area contributed by atoms with Gasteiger partial charge in [0.15, 0.2) is 0 Å².